The van der Waals surface area contributed by atoms with Crippen LogP contribution in [0.4, 0.5) is 0 Å². The molecular formula is C11H9N. The number of nitrogens with zero attached hydrogens (tertiary/aromatic N) is 1. The lowest BCUT2D eigenvalue weighted by Gasteiger charge is -2.02. The van der Waals surface area contributed by atoms with Crippen molar-refractivity contribution in [2.24, 2.45) is 0 Å². The number of fused-ring (bicyclic) bond motifs is 1. The third kappa shape index (κ3) is 0.853. The number of hydrogen-bond donors (Lipinski definition) is 0. The molecule has 1 aromatic carbocycles. The molecule has 0 spiro atoms. The average molecular weight is 155 g/mol. The van der Waals surface area contributed by atoms with Gasteiger partial charge in [-0.15, -0.1) is 0 Å². The van der Waals surface area contributed by atoms with Crippen LogP contribution in [0.25, 0.3) is 5.57 Å². The summed E-state index contributed by atoms with van der Waals surface area (Å²) in [6.07, 6.45) is 2.92. The Bertz CT molecular complexity index is 394. The summed E-state index contributed by atoms with van der Waals surface area (Å²) in [7, 11) is 0. The van der Waals surface area contributed by atoms with Crippen molar-refractivity contribution in [1.29, 1.82) is 5.26 Å². The molecule has 0 atom stereocenters. The number of aryl methyl sites for hydroxylation is 1. The van der Waals surface area contributed by atoms with Gasteiger partial charge in [-0.25, -0.2) is 0 Å². The Morgan fingerprint density at radius 2 is 2.25 bits per heavy atom. The van der Waals surface area contributed by atoms with Crippen molar-refractivity contribution in [3.05, 3.63) is 41.0 Å². The smallest absolute Gasteiger partial charge is 0.0994 e. The van der Waals surface area contributed by atoms with E-state index in [1.807, 2.05) is 18.2 Å². The Hall–Kier alpha value is -1.55. The van der Waals surface area contributed by atoms with Crippen LogP contribution in [0.1, 0.15) is 16.7 Å². The van der Waals surface area contributed by atoms with Gasteiger partial charge < -0.3 is 0 Å². The molecule has 0 aliphatic heterocycles. The minimum Gasteiger partial charge on any atom is -0.192 e. The quantitative estimate of drug-likeness (QED) is 0.564. The molecule has 0 amide bonds. The summed E-state index contributed by atoms with van der Waals surface area (Å²) >= 11 is 0. The van der Waals surface area contributed by atoms with Gasteiger partial charge in [0.25, 0.3) is 0 Å². The van der Waals surface area contributed by atoms with E-state index in [-0.39, 0.29) is 0 Å². The van der Waals surface area contributed by atoms with Crippen molar-refractivity contribution in [1.82, 2.24) is 0 Å². The van der Waals surface area contributed by atoms with Gasteiger partial charge in [0.1, 0.15) is 0 Å². The molecule has 0 saturated carbocycles. The molecule has 0 unspecified atom stereocenters. The summed E-state index contributed by atoms with van der Waals surface area (Å²) in [6, 6.07) is 8.32. The first-order valence-corrected chi connectivity index (χ1v) is 4.02. The van der Waals surface area contributed by atoms with Crippen LogP contribution in [0.2, 0.25) is 0 Å². The van der Waals surface area contributed by atoms with E-state index in [0.29, 0.717) is 0 Å². The predicted molar refractivity (Wildman–Crippen MR) is 48.5 cm³/mol. The molecule has 0 heterocycles. The minimum absolute atomic E-state index is 0.828. The Morgan fingerprint density at radius 3 is 3.00 bits per heavy atom. The zero-order valence-corrected chi connectivity index (χ0v) is 6.96. The van der Waals surface area contributed by atoms with Crippen LogP contribution in [0.15, 0.2) is 24.3 Å². The first-order valence-electron chi connectivity index (χ1n) is 4.02. The highest BCUT2D eigenvalue weighted by Crippen LogP contribution is 2.28. The highest BCUT2D eigenvalue weighted by Gasteiger charge is 2.14. The maximum absolute atomic E-state index is 8.79. The van der Waals surface area contributed by atoms with Crippen LogP contribution >= 0.6 is 0 Å². The van der Waals surface area contributed by atoms with E-state index in [0.717, 1.165) is 17.6 Å². The van der Waals surface area contributed by atoms with Gasteiger partial charge in [-0.3, -0.25) is 0 Å². The highest BCUT2D eigenvalue weighted by molar-refractivity contribution is 5.82. The van der Waals surface area contributed by atoms with Gasteiger partial charge >= 0.3 is 0 Å². The van der Waals surface area contributed by atoms with Gasteiger partial charge in [0, 0.05) is 0 Å². The van der Waals surface area contributed by atoms with E-state index in [4.69, 9.17) is 5.26 Å². The normalized spacial score (nSPS) is 13.5. The van der Waals surface area contributed by atoms with E-state index < -0.39 is 0 Å². The van der Waals surface area contributed by atoms with E-state index in [1.165, 1.54) is 11.1 Å². The fourth-order valence-electron chi connectivity index (χ4n) is 1.65. The molecular weight excluding hydrogens is 146 g/mol. The number of hydrogen-bond acceptors (Lipinski definition) is 1. The van der Waals surface area contributed by atoms with Crippen molar-refractivity contribution in [2.75, 3.05) is 0 Å². The molecule has 1 aliphatic rings. The summed E-state index contributed by atoms with van der Waals surface area (Å²) in [4.78, 5) is 0. The second kappa shape index (κ2) is 2.49. The summed E-state index contributed by atoms with van der Waals surface area (Å²) in [5.41, 5.74) is 4.55. The zero-order valence-electron chi connectivity index (χ0n) is 6.96. The molecule has 2 rings (SSSR count). The van der Waals surface area contributed by atoms with Crippen molar-refractivity contribution in [2.45, 2.75) is 13.3 Å². The van der Waals surface area contributed by atoms with Crippen molar-refractivity contribution >= 4 is 5.57 Å². The van der Waals surface area contributed by atoms with Crippen LogP contribution in [0, 0.1) is 18.3 Å². The topological polar surface area (TPSA) is 23.8 Å². The fourth-order valence-corrected chi connectivity index (χ4v) is 1.65. The summed E-state index contributed by atoms with van der Waals surface area (Å²) in [5, 5.41) is 8.79. The number of allylic oxidation sites excluding steroid dienone is 2. The van der Waals surface area contributed by atoms with E-state index >= 15 is 0 Å². The van der Waals surface area contributed by atoms with Crippen LogP contribution in [0.3, 0.4) is 0 Å². The molecule has 58 valence electrons. The van der Waals surface area contributed by atoms with Gasteiger partial charge in [-0.1, -0.05) is 24.3 Å². The fraction of sp³-hybridized carbons (Fsp3) is 0.182. The van der Waals surface area contributed by atoms with Crippen molar-refractivity contribution < 1.29 is 0 Å². The monoisotopic (exact) mass is 155 g/mol. The maximum Gasteiger partial charge on any atom is 0.0994 e. The molecule has 0 bridgehead atoms. The van der Waals surface area contributed by atoms with E-state index in [9.17, 15) is 0 Å². The molecule has 12 heavy (non-hydrogen) atoms. The highest BCUT2D eigenvalue weighted by atomic mass is 14.3. The van der Waals surface area contributed by atoms with Gasteiger partial charge in [0.05, 0.1) is 11.6 Å². The maximum atomic E-state index is 8.79. The third-order valence-electron chi connectivity index (χ3n) is 2.33. The first kappa shape index (κ1) is 7.12. The van der Waals surface area contributed by atoms with Gasteiger partial charge in [-0.2, -0.15) is 5.26 Å². The number of benzene rings is 1. The number of nitriles is 1. The van der Waals surface area contributed by atoms with Crippen LogP contribution in [0.5, 0.6) is 0 Å². The molecule has 0 N–H and O–H groups in total. The molecule has 1 aliphatic carbocycles. The third-order valence-corrected chi connectivity index (χ3v) is 2.33. The predicted octanol–water partition coefficient (Wildman–Crippen LogP) is 2.46. The average Bonchev–Trinajstić information content (AvgIpc) is 2.49. The van der Waals surface area contributed by atoms with E-state index in [1.54, 1.807) is 0 Å². The Kier molecular flexibility index (Phi) is 1.48. The molecule has 0 aromatic heterocycles. The second-order valence-electron chi connectivity index (χ2n) is 3.03. The zero-order chi connectivity index (χ0) is 8.55. The van der Waals surface area contributed by atoms with Gasteiger partial charge in [0.2, 0.25) is 0 Å². The molecule has 0 fully saturated rings. The summed E-state index contributed by atoms with van der Waals surface area (Å²) < 4.78 is 0. The molecule has 1 heteroatoms. The van der Waals surface area contributed by atoms with Gasteiger partial charge in [-0.05, 0) is 30.0 Å². The lowest BCUT2D eigenvalue weighted by atomic mass is 10.0. The minimum atomic E-state index is 0.828. The van der Waals surface area contributed by atoms with Crippen LogP contribution in [-0.4, -0.2) is 0 Å². The van der Waals surface area contributed by atoms with Crippen LogP contribution < -0.4 is 0 Å². The first-order chi connectivity index (χ1) is 5.83. The number of rotatable bonds is 0. The van der Waals surface area contributed by atoms with E-state index in [2.05, 4.69) is 19.1 Å². The second-order valence-corrected chi connectivity index (χ2v) is 3.03. The Labute approximate surface area is 72.0 Å². The summed E-state index contributed by atoms with van der Waals surface area (Å²) in [6.45, 7) is 2.09. The SMILES string of the molecule is Cc1cccc2c1CC=C2C#N. The molecule has 0 saturated heterocycles. The molecule has 1 nitrogen and oxygen atoms in total. The molecule has 0 radical (unpaired) electrons. The lowest BCUT2D eigenvalue weighted by Crippen LogP contribution is -1.87. The molecule has 1 aromatic rings. The lowest BCUT2D eigenvalue weighted by molar-refractivity contribution is 1.24. The Balaban J connectivity index is 2.63. The summed E-state index contributed by atoms with van der Waals surface area (Å²) in [5.74, 6) is 0. The largest absolute Gasteiger partial charge is 0.192 e. The van der Waals surface area contributed by atoms with Crippen molar-refractivity contribution in [3.63, 3.8) is 0 Å². The standard InChI is InChI=1S/C11H9N/c1-8-3-2-4-11-9(7-12)5-6-10(8)11/h2-5H,6H2,1H3. The van der Waals surface area contributed by atoms with Crippen LogP contribution in [-0.2, 0) is 6.42 Å². The van der Waals surface area contributed by atoms with Crippen molar-refractivity contribution in [3.8, 4) is 6.07 Å². The Morgan fingerprint density at radius 1 is 1.42 bits per heavy atom. The van der Waals surface area contributed by atoms with Gasteiger partial charge in [0.15, 0.2) is 0 Å².